The second kappa shape index (κ2) is 5.24. The van der Waals surface area contributed by atoms with E-state index in [1.807, 2.05) is 24.3 Å². The van der Waals surface area contributed by atoms with Gasteiger partial charge in [-0.3, -0.25) is 4.79 Å². The third-order valence-electron chi connectivity index (χ3n) is 4.46. The molecule has 0 amide bonds. The quantitative estimate of drug-likeness (QED) is 0.781. The highest BCUT2D eigenvalue weighted by molar-refractivity contribution is 5.72. The van der Waals surface area contributed by atoms with Crippen LogP contribution in [-0.4, -0.2) is 19.2 Å². The Hall–Kier alpha value is -1.51. The first-order valence-corrected chi connectivity index (χ1v) is 7.07. The van der Waals surface area contributed by atoms with Gasteiger partial charge in [0.1, 0.15) is 11.9 Å². The van der Waals surface area contributed by atoms with E-state index in [0.717, 1.165) is 23.1 Å². The van der Waals surface area contributed by atoms with Gasteiger partial charge in [-0.05, 0) is 55.2 Å². The number of methoxy groups -OCH3 is 1. The van der Waals surface area contributed by atoms with E-state index in [9.17, 15) is 4.79 Å². The molecular weight excluding hydrogens is 240 g/mol. The van der Waals surface area contributed by atoms with Crippen LogP contribution in [0.5, 0.6) is 5.75 Å². The normalized spacial score (nSPS) is 28.4. The summed E-state index contributed by atoms with van der Waals surface area (Å²) in [4.78, 5) is 11.2. The topological polar surface area (TPSA) is 35.5 Å². The van der Waals surface area contributed by atoms with Crippen LogP contribution < -0.4 is 4.74 Å². The lowest BCUT2D eigenvalue weighted by atomic mass is 9.98. The van der Waals surface area contributed by atoms with E-state index in [2.05, 4.69) is 4.74 Å². The molecule has 2 aliphatic carbocycles. The molecule has 2 fully saturated rings. The maximum Gasteiger partial charge on any atom is 0.309 e. The summed E-state index contributed by atoms with van der Waals surface area (Å²) >= 11 is 0. The summed E-state index contributed by atoms with van der Waals surface area (Å²) in [5, 5.41) is 0. The Morgan fingerprint density at radius 1 is 1.21 bits per heavy atom. The van der Waals surface area contributed by atoms with E-state index in [-0.39, 0.29) is 5.97 Å². The van der Waals surface area contributed by atoms with Gasteiger partial charge in [0, 0.05) is 0 Å². The molecular formula is C16H20O3. The number of fused-ring (bicyclic) bond motifs is 2. The first-order valence-electron chi connectivity index (χ1n) is 7.07. The van der Waals surface area contributed by atoms with Gasteiger partial charge in [-0.1, -0.05) is 12.1 Å². The van der Waals surface area contributed by atoms with Gasteiger partial charge in [0.2, 0.25) is 0 Å². The zero-order chi connectivity index (χ0) is 13.2. The minimum atomic E-state index is -0.207. The Labute approximate surface area is 113 Å². The van der Waals surface area contributed by atoms with Crippen LogP contribution >= 0.6 is 0 Å². The molecule has 2 bridgehead atoms. The number of esters is 1. The number of benzene rings is 1. The fourth-order valence-electron chi connectivity index (χ4n) is 3.43. The Balaban J connectivity index is 1.58. The largest absolute Gasteiger partial charge is 0.490 e. The Kier molecular flexibility index (Phi) is 3.45. The van der Waals surface area contributed by atoms with Gasteiger partial charge < -0.3 is 9.47 Å². The number of ether oxygens (including phenoxy) is 2. The van der Waals surface area contributed by atoms with Gasteiger partial charge in [-0.2, -0.15) is 0 Å². The lowest BCUT2D eigenvalue weighted by molar-refractivity contribution is -0.139. The molecule has 0 heterocycles. The van der Waals surface area contributed by atoms with Gasteiger partial charge in [-0.25, -0.2) is 0 Å². The third-order valence-corrected chi connectivity index (χ3v) is 4.46. The molecule has 0 spiro atoms. The van der Waals surface area contributed by atoms with Crippen molar-refractivity contribution in [2.45, 2.75) is 38.2 Å². The molecule has 3 rings (SSSR count). The van der Waals surface area contributed by atoms with Crippen LogP contribution in [0.2, 0.25) is 0 Å². The summed E-state index contributed by atoms with van der Waals surface area (Å²) < 4.78 is 10.7. The fraction of sp³-hybridized carbons (Fsp3) is 0.562. The number of hydrogen-bond donors (Lipinski definition) is 0. The highest BCUT2D eigenvalue weighted by Gasteiger charge is 2.40. The predicted octanol–water partition coefficient (Wildman–Crippen LogP) is 2.97. The fourth-order valence-corrected chi connectivity index (χ4v) is 3.43. The van der Waals surface area contributed by atoms with Crippen molar-refractivity contribution in [3.8, 4) is 5.75 Å². The van der Waals surface area contributed by atoms with E-state index in [0.29, 0.717) is 12.5 Å². The number of carbonyl (C=O) groups is 1. The third kappa shape index (κ3) is 2.75. The zero-order valence-electron chi connectivity index (χ0n) is 11.3. The van der Waals surface area contributed by atoms with Gasteiger partial charge in [0.15, 0.2) is 0 Å². The zero-order valence-corrected chi connectivity index (χ0v) is 11.3. The number of carbonyl (C=O) groups excluding carboxylic acids is 1. The smallest absolute Gasteiger partial charge is 0.309 e. The maximum atomic E-state index is 11.2. The van der Waals surface area contributed by atoms with Crippen LogP contribution in [-0.2, 0) is 16.0 Å². The van der Waals surface area contributed by atoms with Gasteiger partial charge in [0.05, 0.1) is 13.5 Å². The van der Waals surface area contributed by atoms with Gasteiger partial charge in [-0.15, -0.1) is 0 Å². The van der Waals surface area contributed by atoms with Crippen LogP contribution in [0, 0.1) is 11.8 Å². The van der Waals surface area contributed by atoms with Crippen molar-refractivity contribution < 1.29 is 14.3 Å². The standard InChI is InChI=1S/C16H20O3/c1-18-16(17)10-11-3-6-14(7-4-11)19-15-9-12-2-5-13(15)8-12/h3-4,6-7,12-13,15H,2,5,8-10H2,1H3. The van der Waals surface area contributed by atoms with Crippen LogP contribution in [0.1, 0.15) is 31.2 Å². The molecule has 0 aliphatic heterocycles. The second-order valence-corrected chi connectivity index (χ2v) is 5.73. The van der Waals surface area contributed by atoms with Crippen molar-refractivity contribution >= 4 is 5.97 Å². The molecule has 19 heavy (non-hydrogen) atoms. The second-order valence-electron chi connectivity index (χ2n) is 5.73. The molecule has 0 aromatic heterocycles. The Bertz CT molecular complexity index is 452. The minimum Gasteiger partial charge on any atom is -0.490 e. The van der Waals surface area contributed by atoms with Crippen molar-refractivity contribution in [1.82, 2.24) is 0 Å². The highest BCUT2D eigenvalue weighted by atomic mass is 16.5. The van der Waals surface area contributed by atoms with Crippen molar-refractivity contribution in [2.75, 3.05) is 7.11 Å². The minimum absolute atomic E-state index is 0.207. The average Bonchev–Trinajstić information content (AvgIpc) is 3.03. The molecule has 0 saturated heterocycles. The predicted molar refractivity (Wildman–Crippen MR) is 72.0 cm³/mol. The SMILES string of the molecule is COC(=O)Cc1ccc(OC2CC3CCC2C3)cc1. The first kappa shape index (κ1) is 12.5. The summed E-state index contributed by atoms with van der Waals surface area (Å²) in [5.74, 6) is 2.38. The van der Waals surface area contributed by atoms with E-state index in [1.54, 1.807) is 0 Å². The van der Waals surface area contributed by atoms with Crippen molar-refractivity contribution in [1.29, 1.82) is 0 Å². The molecule has 3 nitrogen and oxygen atoms in total. The average molecular weight is 260 g/mol. The summed E-state index contributed by atoms with van der Waals surface area (Å²) in [6, 6.07) is 7.81. The van der Waals surface area contributed by atoms with Gasteiger partial charge in [0.25, 0.3) is 0 Å². The Morgan fingerprint density at radius 2 is 2.00 bits per heavy atom. The molecule has 3 atom stereocenters. The molecule has 3 unspecified atom stereocenters. The highest BCUT2D eigenvalue weighted by Crippen LogP contribution is 2.45. The van der Waals surface area contributed by atoms with E-state index in [1.165, 1.54) is 32.8 Å². The van der Waals surface area contributed by atoms with Crippen molar-refractivity contribution in [2.24, 2.45) is 11.8 Å². The van der Waals surface area contributed by atoms with E-state index in [4.69, 9.17) is 4.74 Å². The molecule has 3 heteroatoms. The molecule has 2 aliphatic rings. The molecule has 0 N–H and O–H groups in total. The van der Waals surface area contributed by atoms with Crippen LogP contribution in [0.15, 0.2) is 24.3 Å². The Morgan fingerprint density at radius 3 is 2.58 bits per heavy atom. The number of rotatable bonds is 4. The van der Waals surface area contributed by atoms with Crippen molar-refractivity contribution in [3.05, 3.63) is 29.8 Å². The van der Waals surface area contributed by atoms with Crippen LogP contribution in [0.3, 0.4) is 0 Å². The van der Waals surface area contributed by atoms with E-state index >= 15 is 0 Å². The molecule has 102 valence electrons. The molecule has 0 radical (unpaired) electrons. The summed E-state index contributed by atoms with van der Waals surface area (Å²) in [6.07, 6.45) is 6.02. The first-order chi connectivity index (χ1) is 9.24. The summed E-state index contributed by atoms with van der Waals surface area (Å²) in [6.45, 7) is 0. The summed E-state index contributed by atoms with van der Waals surface area (Å²) in [7, 11) is 1.41. The monoisotopic (exact) mass is 260 g/mol. The molecule has 1 aromatic carbocycles. The lowest BCUT2D eigenvalue weighted by Gasteiger charge is -2.23. The lowest BCUT2D eigenvalue weighted by Crippen LogP contribution is -2.23. The molecule has 1 aromatic rings. The molecule has 2 saturated carbocycles. The van der Waals surface area contributed by atoms with Crippen molar-refractivity contribution in [3.63, 3.8) is 0 Å². The maximum absolute atomic E-state index is 11.2. The number of hydrogen-bond acceptors (Lipinski definition) is 3. The van der Waals surface area contributed by atoms with Crippen LogP contribution in [0.25, 0.3) is 0 Å². The van der Waals surface area contributed by atoms with E-state index < -0.39 is 0 Å². The van der Waals surface area contributed by atoms with Crippen LogP contribution in [0.4, 0.5) is 0 Å². The summed E-state index contributed by atoms with van der Waals surface area (Å²) in [5.41, 5.74) is 0.965. The van der Waals surface area contributed by atoms with Gasteiger partial charge >= 0.3 is 5.97 Å².